The van der Waals surface area contributed by atoms with Crippen molar-refractivity contribution in [2.45, 2.75) is 18.9 Å². The van der Waals surface area contributed by atoms with Crippen molar-refractivity contribution in [1.29, 1.82) is 0 Å². The molecule has 0 fully saturated rings. The molecule has 1 heterocycles. The van der Waals surface area contributed by atoms with Crippen LogP contribution in [-0.2, 0) is 6.42 Å². The Balaban J connectivity index is 2.02. The van der Waals surface area contributed by atoms with Crippen molar-refractivity contribution in [3.63, 3.8) is 0 Å². The molecule has 0 bridgehead atoms. The zero-order valence-corrected chi connectivity index (χ0v) is 11.2. The summed E-state index contributed by atoms with van der Waals surface area (Å²) >= 11 is 6.02. The zero-order valence-electron chi connectivity index (χ0n) is 10.4. The lowest BCUT2D eigenvalue weighted by Gasteiger charge is -2.16. The van der Waals surface area contributed by atoms with E-state index in [0.29, 0.717) is 6.04 Å². The Labute approximate surface area is 113 Å². The lowest BCUT2D eigenvalue weighted by molar-refractivity contribution is 0.546. The van der Waals surface area contributed by atoms with Crippen LogP contribution in [0, 0.1) is 0 Å². The molecule has 18 heavy (non-hydrogen) atoms. The van der Waals surface area contributed by atoms with Crippen molar-refractivity contribution in [3.8, 4) is 0 Å². The van der Waals surface area contributed by atoms with Gasteiger partial charge in [0.15, 0.2) is 0 Å². The second-order valence-electron chi connectivity index (χ2n) is 4.26. The quantitative estimate of drug-likeness (QED) is 0.888. The molecule has 1 atom stereocenters. The SMILES string of the molecule is CNC(CCc1ccccn1)c1cccc(Cl)c1. The molecule has 0 radical (unpaired) electrons. The molecule has 2 aromatic rings. The van der Waals surface area contributed by atoms with Crippen LogP contribution in [-0.4, -0.2) is 12.0 Å². The van der Waals surface area contributed by atoms with Gasteiger partial charge in [0.1, 0.15) is 0 Å². The van der Waals surface area contributed by atoms with E-state index in [2.05, 4.69) is 22.4 Å². The Morgan fingerprint density at radius 3 is 2.78 bits per heavy atom. The predicted octanol–water partition coefficient (Wildman–Crippen LogP) is 3.63. The molecule has 1 N–H and O–H groups in total. The first-order valence-corrected chi connectivity index (χ1v) is 6.50. The van der Waals surface area contributed by atoms with Crippen LogP contribution in [0.3, 0.4) is 0 Å². The van der Waals surface area contributed by atoms with Gasteiger partial charge in [-0.2, -0.15) is 0 Å². The van der Waals surface area contributed by atoms with Crippen molar-refractivity contribution < 1.29 is 0 Å². The largest absolute Gasteiger partial charge is 0.313 e. The average Bonchev–Trinajstić information content (AvgIpc) is 2.41. The second kappa shape index (κ2) is 6.53. The van der Waals surface area contributed by atoms with Crippen LogP contribution in [0.25, 0.3) is 0 Å². The fourth-order valence-corrected chi connectivity index (χ4v) is 2.24. The predicted molar refractivity (Wildman–Crippen MR) is 75.8 cm³/mol. The number of nitrogens with zero attached hydrogens (tertiary/aromatic N) is 1. The maximum absolute atomic E-state index is 6.02. The average molecular weight is 261 g/mol. The molecule has 1 unspecified atom stereocenters. The number of benzene rings is 1. The van der Waals surface area contributed by atoms with E-state index in [1.807, 2.05) is 43.6 Å². The molecule has 0 aliphatic carbocycles. The first kappa shape index (κ1) is 13.1. The second-order valence-corrected chi connectivity index (χ2v) is 4.69. The summed E-state index contributed by atoms with van der Waals surface area (Å²) < 4.78 is 0. The summed E-state index contributed by atoms with van der Waals surface area (Å²) in [4.78, 5) is 4.34. The third-order valence-corrected chi connectivity index (χ3v) is 3.25. The number of pyridine rings is 1. The Morgan fingerprint density at radius 2 is 2.11 bits per heavy atom. The van der Waals surface area contributed by atoms with Gasteiger partial charge in [0.25, 0.3) is 0 Å². The van der Waals surface area contributed by atoms with Crippen LogP contribution >= 0.6 is 11.6 Å². The summed E-state index contributed by atoms with van der Waals surface area (Å²) in [5, 5.41) is 4.11. The molecular weight excluding hydrogens is 244 g/mol. The van der Waals surface area contributed by atoms with Gasteiger partial charge < -0.3 is 5.32 Å². The molecular formula is C15H17ClN2. The van der Waals surface area contributed by atoms with Gasteiger partial charge in [0.2, 0.25) is 0 Å². The zero-order chi connectivity index (χ0) is 12.8. The van der Waals surface area contributed by atoms with Gasteiger partial charge in [-0.15, -0.1) is 0 Å². The molecule has 94 valence electrons. The van der Waals surface area contributed by atoms with Gasteiger partial charge in [0.05, 0.1) is 0 Å². The first-order valence-electron chi connectivity index (χ1n) is 6.12. The smallest absolute Gasteiger partial charge is 0.0409 e. The van der Waals surface area contributed by atoms with Crippen molar-refractivity contribution >= 4 is 11.6 Å². The topological polar surface area (TPSA) is 24.9 Å². The molecule has 1 aromatic carbocycles. The van der Waals surface area contributed by atoms with Crippen LogP contribution in [0.5, 0.6) is 0 Å². The van der Waals surface area contributed by atoms with E-state index < -0.39 is 0 Å². The summed E-state index contributed by atoms with van der Waals surface area (Å²) in [6.45, 7) is 0. The summed E-state index contributed by atoms with van der Waals surface area (Å²) in [6.07, 6.45) is 3.80. The van der Waals surface area contributed by atoms with Crippen molar-refractivity contribution in [1.82, 2.24) is 10.3 Å². The van der Waals surface area contributed by atoms with Gasteiger partial charge in [0, 0.05) is 23.0 Å². The van der Waals surface area contributed by atoms with Gasteiger partial charge in [-0.25, -0.2) is 0 Å². The van der Waals surface area contributed by atoms with Gasteiger partial charge >= 0.3 is 0 Å². The Bertz CT molecular complexity index is 485. The molecule has 3 heteroatoms. The molecule has 2 rings (SSSR count). The van der Waals surface area contributed by atoms with E-state index in [4.69, 9.17) is 11.6 Å². The third-order valence-electron chi connectivity index (χ3n) is 3.01. The van der Waals surface area contributed by atoms with E-state index in [-0.39, 0.29) is 0 Å². The molecule has 2 nitrogen and oxygen atoms in total. The minimum Gasteiger partial charge on any atom is -0.313 e. The van der Waals surface area contributed by atoms with Crippen molar-refractivity contribution in [2.24, 2.45) is 0 Å². The third kappa shape index (κ3) is 3.56. The van der Waals surface area contributed by atoms with Crippen molar-refractivity contribution in [3.05, 3.63) is 64.9 Å². The number of aryl methyl sites for hydroxylation is 1. The minimum absolute atomic E-state index is 0.311. The molecule has 0 saturated carbocycles. The Morgan fingerprint density at radius 1 is 1.22 bits per heavy atom. The highest BCUT2D eigenvalue weighted by Crippen LogP contribution is 2.21. The fourth-order valence-electron chi connectivity index (χ4n) is 2.04. The molecule has 0 amide bonds. The van der Waals surface area contributed by atoms with Gasteiger partial charge in [-0.05, 0) is 49.7 Å². The summed E-state index contributed by atoms with van der Waals surface area (Å²) in [7, 11) is 1.98. The molecule has 1 aromatic heterocycles. The number of halogens is 1. The Kier molecular flexibility index (Phi) is 4.73. The van der Waals surface area contributed by atoms with E-state index in [1.54, 1.807) is 0 Å². The number of nitrogens with one attached hydrogen (secondary N) is 1. The number of hydrogen-bond donors (Lipinski definition) is 1. The molecule has 0 saturated heterocycles. The van der Waals surface area contributed by atoms with Gasteiger partial charge in [-0.1, -0.05) is 29.8 Å². The van der Waals surface area contributed by atoms with Crippen molar-refractivity contribution in [2.75, 3.05) is 7.05 Å². The molecule has 0 aliphatic rings. The number of rotatable bonds is 5. The summed E-state index contributed by atoms with van der Waals surface area (Å²) in [5.41, 5.74) is 2.35. The van der Waals surface area contributed by atoms with Crippen LogP contribution < -0.4 is 5.32 Å². The van der Waals surface area contributed by atoms with Gasteiger partial charge in [-0.3, -0.25) is 4.98 Å². The maximum Gasteiger partial charge on any atom is 0.0409 e. The fraction of sp³-hybridized carbons (Fsp3) is 0.267. The summed E-state index contributed by atoms with van der Waals surface area (Å²) in [5.74, 6) is 0. The van der Waals surface area contributed by atoms with E-state index in [1.165, 1.54) is 5.56 Å². The van der Waals surface area contributed by atoms with E-state index >= 15 is 0 Å². The van der Waals surface area contributed by atoms with Crippen LogP contribution in [0.15, 0.2) is 48.7 Å². The Hall–Kier alpha value is -1.38. The lowest BCUT2D eigenvalue weighted by atomic mass is 10.0. The van der Waals surface area contributed by atoms with Crippen LogP contribution in [0.4, 0.5) is 0 Å². The lowest BCUT2D eigenvalue weighted by Crippen LogP contribution is -2.17. The molecule has 0 aliphatic heterocycles. The highest BCUT2D eigenvalue weighted by atomic mass is 35.5. The van der Waals surface area contributed by atoms with Crippen LogP contribution in [0.2, 0.25) is 5.02 Å². The maximum atomic E-state index is 6.02. The standard InChI is InChI=1S/C15H17ClN2/c1-17-15(12-5-4-6-13(16)11-12)9-8-14-7-2-3-10-18-14/h2-7,10-11,15,17H,8-9H2,1H3. The minimum atomic E-state index is 0.311. The number of aromatic nitrogens is 1. The molecule has 0 spiro atoms. The van der Waals surface area contributed by atoms with E-state index in [0.717, 1.165) is 23.6 Å². The number of hydrogen-bond acceptors (Lipinski definition) is 2. The first-order chi connectivity index (χ1) is 8.79. The highest BCUT2D eigenvalue weighted by molar-refractivity contribution is 6.30. The van der Waals surface area contributed by atoms with E-state index in [9.17, 15) is 0 Å². The highest BCUT2D eigenvalue weighted by Gasteiger charge is 2.09. The summed E-state index contributed by atoms with van der Waals surface area (Å²) in [6, 6.07) is 14.3. The monoisotopic (exact) mass is 260 g/mol. The van der Waals surface area contributed by atoms with Crippen LogP contribution in [0.1, 0.15) is 23.7 Å². The normalized spacial score (nSPS) is 12.3.